The van der Waals surface area contributed by atoms with E-state index in [2.05, 4.69) is 40.1 Å². The van der Waals surface area contributed by atoms with Crippen LogP contribution in [-0.2, 0) is 0 Å². The molecule has 130 valence electrons. The van der Waals surface area contributed by atoms with E-state index in [9.17, 15) is 0 Å². The Hall–Kier alpha value is -2.03. The maximum absolute atomic E-state index is 9.09. The normalized spacial score (nSPS) is 30.9. The van der Waals surface area contributed by atoms with E-state index in [1.807, 2.05) is 12.4 Å². The van der Waals surface area contributed by atoms with Crippen LogP contribution in [0, 0.1) is 16.7 Å². The molecule has 1 aliphatic carbocycles. The van der Waals surface area contributed by atoms with Gasteiger partial charge in [-0.2, -0.15) is 5.26 Å². The lowest BCUT2D eigenvalue weighted by Crippen LogP contribution is -2.44. The molecule has 1 spiro atoms. The highest BCUT2D eigenvalue weighted by atomic mass is 35.5. The zero-order chi connectivity index (χ0) is 17.4. The summed E-state index contributed by atoms with van der Waals surface area (Å²) in [5.74, 6) is 0. The number of aliphatic imine (C=N–C) groups is 1. The molecular weight excluding hydrogens is 334 g/mol. The third-order valence-corrected chi connectivity index (χ3v) is 5.95. The molecule has 4 aliphatic rings. The van der Waals surface area contributed by atoms with Crippen molar-refractivity contribution >= 4 is 18.0 Å². The number of allylic oxidation sites excluding steroid dienone is 4. The summed E-state index contributed by atoms with van der Waals surface area (Å²) < 4.78 is 1.72. The molecule has 0 aromatic heterocycles. The molecule has 0 radical (unpaired) electrons. The largest absolute Gasteiger partial charge is 0.369 e. The average molecular weight is 356 g/mol. The summed E-state index contributed by atoms with van der Waals surface area (Å²) in [6.45, 7) is 4.82. The van der Waals surface area contributed by atoms with Crippen molar-refractivity contribution in [3.63, 3.8) is 0 Å². The molecule has 25 heavy (non-hydrogen) atoms. The van der Waals surface area contributed by atoms with Gasteiger partial charge >= 0.3 is 0 Å². The van der Waals surface area contributed by atoms with Gasteiger partial charge in [-0.3, -0.25) is 9.41 Å². The summed E-state index contributed by atoms with van der Waals surface area (Å²) in [5, 5.41) is 9.09. The maximum atomic E-state index is 9.09. The van der Waals surface area contributed by atoms with E-state index in [0.717, 1.165) is 50.3 Å². The van der Waals surface area contributed by atoms with Gasteiger partial charge in [-0.05, 0) is 26.0 Å². The zero-order valence-electron chi connectivity index (χ0n) is 14.5. The van der Waals surface area contributed by atoms with Crippen LogP contribution in [0.2, 0.25) is 0 Å². The molecule has 0 bridgehead atoms. The standard InChI is InChI=1S/C19H22ClN5/c1-23-8-10-24(11-9-23)17-5-7-25(20)18-3-2-15(4-6-21)12-19(18)14-22-13-16(17)19/h3-5,7,13H,2,8-12,14H2,1H3. The highest BCUT2D eigenvalue weighted by Crippen LogP contribution is 2.52. The van der Waals surface area contributed by atoms with Crippen LogP contribution >= 0.6 is 11.8 Å². The van der Waals surface area contributed by atoms with Crippen molar-refractivity contribution in [1.29, 1.82) is 5.26 Å². The van der Waals surface area contributed by atoms with Gasteiger partial charge in [-0.25, -0.2) is 0 Å². The second kappa shape index (κ2) is 6.36. The average Bonchev–Trinajstić information content (AvgIpc) is 2.95. The predicted octanol–water partition coefficient (Wildman–Crippen LogP) is 2.67. The molecule has 4 rings (SSSR count). The van der Waals surface area contributed by atoms with Gasteiger partial charge < -0.3 is 9.80 Å². The Bertz CT molecular complexity index is 761. The fraction of sp³-hybridized carbons (Fsp3) is 0.474. The van der Waals surface area contributed by atoms with E-state index in [1.54, 1.807) is 10.5 Å². The molecule has 1 fully saturated rings. The van der Waals surface area contributed by atoms with Gasteiger partial charge in [0.2, 0.25) is 0 Å². The number of likely N-dealkylation sites (N-methyl/N-ethyl adjacent to an activating group) is 1. The van der Waals surface area contributed by atoms with E-state index >= 15 is 0 Å². The number of hydrogen-bond acceptors (Lipinski definition) is 5. The number of hydrogen-bond donors (Lipinski definition) is 0. The molecule has 0 amide bonds. The predicted molar refractivity (Wildman–Crippen MR) is 99.7 cm³/mol. The highest BCUT2D eigenvalue weighted by molar-refractivity contribution is 6.15. The molecular formula is C19H22ClN5. The quantitative estimate of drug-likeness (QED) is 0.536. The van der Waals surface area contributed by atoms with E-state index in [4.69, 9.17) is 17.0 Å². The fourth-order valence-electron chi connectivity index (χ4n) is 4.28. The number of halogens is 1. The molecule has 3 aliphatic heterocycles. The molecule has 3 heterocycles. The van der Waals surface area contributed by atoms with E-state index in [1.165, 1.54) is 11.3 Å². The molecule has 0 aromatic rings. The first-order valence-corrected chi connectivity index (χ1v) is 9.07. The second-order valence-corrected chi connectivity index (χ2v) is 7.53. The summed E-state index contributed by atoms with van der Waals surface area (Å²) in [5.41, 5.74) is 4.47. The first-order chi connectivity index (χ1) is 12.1. The summed E-state index contributed by atoms with van der Waals surface area (Å²) in [6.07, 6.45) is 11.5. The summed E-state index contributed by atoms with van der Waals surface area (Å²) in [4.78, 5) is 9.44. The molecule has 0 saturated carbocycles. The minimum Gasteiger partial charge on any atom is -0.369 e. The van der Waals surface area contributed by atoms with Crippen molar-refractivity contribution in [2.24, 2.45) is 10.4 Å². The number of nitriles is 1. The first-order valence-electron chi connectivity index (χ1n) is 8.73. The van der Waals surface area contributed by atoms with E-state index < -0.39 is 0 Å². The van der Waals surface area contributed by atoms with Crippen molar-refractivity contribution in [2.45, 2.75) is 12.8 Å². The topological polar surface area (TPSA) is 45.9 Å². The number of rotatable bonds is 1. The van der Waals surface area contributed by atoms with Crippen LogP contribution in [0.4, 0.5) is 0 Å². The lowest BCUT2D eigenvalue weighted by atomic mass is 9.69. The summed E-state index contributed by atoms with van der Waals surface area (Å²) in [6, 6.07) is 2.19. The van der Waals surface area contributed by atoms with Gasteiger partial charge in [0.25, 0.3) is 0 Å². The van der Waals surface area contributed by atoms with Gasteiger partial charge in [0, 0.05) is 73.4 Å². The van der Waals surface area contributed by atoms with Crippen molar-refractivity contribution < 1.29 is 0 Å². The minimum absolute atomic E-state index is 0.245. The molecule has 6 heteroatoms. The summed E-state index contributed by atoms with van der Waals surface area (Å²) in [7, 11) is 2.16. The Morgan fingerprint density at radius 2 is 2.12 bits per heavy atom. The van der Waals surface area contributed by atoms with Crippen LogP contribution in [-0.4, -0.2) is 60.2 Å². The Labute approximate surface area is 154 Å². The fourth-order valence-corrected chi connectivity index (χ4v) is 4.57. The second-order valence-electron chi connectivity index (χ2n) is 7.17. The SMILES string of the molecule is CN1CCN(C2=C3C=NCC34CC(=CC#N)CC=C4N(Cl)C=C2)CC1. The minimum atomic E-state index is -0.245. The maximum Gasteiger partial charge on any atom is 0.0911 e. The van der Waals surface area contributed by atoms with Crippen molar-refractivity contribution in [3.8, 4) is 6.07 Å². The van der Waals surface area contributed by atoms with Gasteiger partial charge in [0.15, 0.2) is 0 Å². The Morgan fingerprint density at radius 1 is 1.32 bits per heavy atom. The van der Waals surface area contributed by atoms with E-state index in [0.29, 0.717) is 6.54 Å². The van der Waals surface area contributed by atoms with Gasteiger partial charge in [0.05, 0.1) is 18.0 Å². The van der Waals surface area contributed by atoms with Crippen LogP contribution in [0.1, 0.15) is 12.8 Å². The van der Waals surface area contributed by atoms with Gasteiger partial charge in [-0.15, -0.1) is 0 Å². The monoisotopic (exact) mass is 355 g/mol. The summed E-state index contributed by atoms with van der Waals surface area (Å²) >= 11 is 6.59. The highest BCUT2D eigenvalue weighted by Gasteiger charge is 2.47. The van der Waals surface area contributed by atoms with Crippen LogP contribution in [0.25, 0.3) is 0 Å². The molecule has 1 unspecified atom stereocenters. The number of piperazine rings is 1. The number of nitrogens with zero attached hydrogens (tertiary/aromatic N) is 5. The first kappa shape index (κ1) is 16.4. The Kier molecular flexibility index (Phi) is 4.18. The van der Waals surface area contributed by atoms with Gasteiger partial charge in [-0.1, -0.05) is 11.6 Å². The van der Waals surface area contributed by atoms with Crippen molar-refractivity contribution in [2.75, 3.05) is 39.8 Å². The third-order valence-electron chi connectivity index (χ3n) is 5.66. The van der Waals surface area contributed by atoms with E-state index in [-0.39, 0.29) is 5.41 Å². The third kappa shape index (κ3) is 2.70. The Balaban J connectivity index is 1.80. The lowest BCUT2D eigenvalue weighted by molar-refractivity contribution is 0.188. The van der Waals surface area contributed by atoms with Gasteiger partial charge in [0.1, 0.15) is 0 Å². The van der Waals surface area contributed by atoms with Crippen LogP contribution in [0.3, 0.4) is 0 Å². The molecule has 0 aromatic carbocycles. The van der Waals surface area contributed by atoms with Crippen LogP contribution in [0.15, 0.2) is 52.0 Å². The molecule has 5 nitrogen and oxygen atoms in total. The zero-order valence-corrected chi connectivity index (χ0v) is 15.2. The van der Waals surface area contributed by atoms with Crippen LogP contribution < -0.4 is 0 Å². The Morgan fingerprint density at radius 3 is 2.88 bits per heavy atom. The molecule has 1 saturated heterocycles. The molecule has 0 N–H and O–H groups in total. The van der Waals surface area contributed by atoms with Crippen molar-refractivity contribution in [3.05, 3.63) is 47.0 Å². The van der Waals surface area contributed by atoms with Crippen LogP contribution in [0.5, 0.6) is 0 Å². The molecule has 1 atom stereocenters. The van der Waals surface area contributed by atoms with Crippen molar-refractivity contribution in [1.82, 2.24) is 14.2 Å². The lowest BCUT2D eigenvalue weighted by Gasteiger charge is -2.40. The smallest absolute Gasteiger partial charge is 0.0911 e.